The molecule has 1 aromatic rings. The average Bonchev–Trinajstić information content (AvgIpc) is 2.53. The highest BCUT2D eigenvalue weighted by Gasteiger charge is 2.30. The average molecular weight is 360 g/mol. The number of esters is 1. The van der Waals surface area contributed by atoms with Gasteiger partial charge in [-0.25, -0.2) is 13.1 Å². The van der Waals surface area contributed by atoms with E-state index in [1.807, 2.05) is 0 Å². The summed E-state index contributed by atoms with van der Waals surface area (Å²) in [7, 11) is -4.22. The summed E-state index contributed by atoms with van der Waals surface area (Å²) in [5.41, 5.74) is -0.636. The third-order valence-electron chi connectivity index (χ3n) is 3.04. The Balaban J connectivity index is 2.25. The van der Waals surface area contributed by atoms with E-state index in [0.29, 0.717) is 0 Å². The number of benzene rings is 1. The molecule has 0 aromatic heterocycles. The molecule has 2 rings (SSSR count). The number of fused-ring (bicyclic) bond motifs is 1. The van der Waals surface area contributed by atoms with Crippen molar-refractivity contribution in [3.63, 3.8) is 0 Å². The van der Waals surface area contributed by atoms with Crippen LogP contribution in [0.2, 0.25) is 0 Å². The first-order chi connectivity index (χ1) is 11.3. The van der Waals surface area contributed by atoms with Gasteiger partial charge in [0, 0.05) is 12.6 Å². The van der Waals surface area contributed by atoms with Gasteiger partial charge in [-0.2, -0.15) is 0 Å². The fraction of sp³-hybridized carbons (Fsp3) is 0.462. The predicted octanol–water partition coefficient (Wildman–Crippen LogP) is 0.597. The molecule has 0 spiro atoms. The van der Waals surface area contributed by atoms with Crippen LogP contribution in [0.3, 0.4) is 0 Å². The first kappa shape index (κ1) is 17.9. The van der Waals surface area contributed by atoms with E-state index in [1.165, 1.54) is 0 Å². The van der Waals surface area contributed by atoms with Gasteiger partial charge in [-0.05, 0) is 6.92 Å². The number of rotatable bonds is 7. The molecule has 1 aromatic carbocycles. The Bertz CT molecular complexity index is 747. The molecule has 0 saturated heterocycles. The van der Waals surface area contributed by atoms with Crippen LogP contribution in [-0.2, 0) is 19.6 Å². The minimum atomic E-state index is -4.22. The molecule has 0 aliphatic carbocycles. The number of nitrogens with one attached hydrogen (secondary N) is 1. The molecule has 24 heavy (non-hydrogen) atoms. The van der Waals surface area contributed by atoms with E-state index in [0.717, 1.165) is 12.1 Å². The highest BCUT2D eigenvalue weighted by atomic mass is 32.2. The maximum Gasteiger partial charge on any atom is 0.307 e. The molecule has 0 atom stereocenters. The van der Waals surface area contributed by atoms with Crippen LogP contribution >= 0.6 is 0 Å². The van der Waals surface area contributed by atoms with Crippen LogP contribution in [-0.4, -0.2) is 45.7 Å². The van der Waals surface area contributed by atoms with Gasteiger partial charge in [-0.3, -0.25) is 14.9 Å². The molecule has 0 unspecified atom stereocenters. The zero-order chi connectivity index (χ0) is 17.7. The van der Waals surface area contributed by atoms with Crippen molar-refractivity contribution in [2.45, 2.75) is 18.2 Å². The maximum absolute atomic E-state index is 12.3. The third-order valence-corrected chi connectivity index (χ3v) is 4.53. The molecule has 132 valence electrons. The molecule has 0 radical (unpaired) electrons. The van der Waals surface area contributed by atoms with E-state index in [2.05, 4.69) is 9.46 Å². The van der Waals surface area contributed by atoms with Crippen LogP contribution in [0.25, 0.3) is 0 Å². The van der Waals surface area contributed by atoms with E-state index in [-0.39, 0.29) is 44.3 Å². The van der Waals surface area contributed by atoms with Crippen LogP contribution in [0.4, 0.5) is 5.69 Å². The summed E-state index contributed by atoms with van der Waals surface area (Å²) in [6.07, 6.45) is -0.189. The molecular weight excluding hydrogens is 344 g/mol. The molecule has 1 aliphatic heterocycles. The lowest BCUT2D eigenvalue weighted by atomic mass is 10.2. The lowest BCUT2D eigenvalue weighted by Crippen LogP contribution is -2.27. The lowest BCUT2D eigenvalue weighted by Gasteiger charge is -2.19. The molecule has 10 nitrogen and oxygen atoms in total. The molecule has 0 amide bonds. The van der Waals surface area contributed by atoms with Crippen molar-refractivity contribution >= 4 is 21.7 Å². The number of carbonyl (C=O) groups is 1. The minimum absolute atomic E-state index is 0.109. The Kier molecular flexibility index (Phi) is 5.57. The zero-order valence-electron chi connectivity index (χ0n) is 12.8. The van der Waals surface area contributed by atoms with Crippen molar-refractivity contribution < 1.29 is 32.3 Å². The van der Waals surface area contributed by atoms with Crippen molar-refractivity contribution in [1.29, 1.82) is 0 Å². The Labute approximate surface area is 137 Å². The second kappa shape index (κ2) is 7.45. The van der Waals surface area contributed by atoms with Gasteiger partial charge >= 0.3 is 5.97 Å². The summed E-state index contributed by atoms with van der Waals surface area (Å²) in [4.78, 5) is 21.0. The number of ether oxygens (including phenoxy) is 3. The molecule has 1 aliphatic rings. The first-order valence-electron chi connectivity index (χ1n) is 7.08. The largest absolute Gasteiger partial charge is 0.486 e. The van der Waals surface area contributed by atoms with Gasteiger partial charge in [0.15, 0.2) is 16.4 Å². The summed E-state index contributed by atoms with van der Waals surface area (Å²) < 4.78 is 41.9. The van der Waals surface area contributed by atoms with Gasteiger partial charge in [0.2, 0.25) is 10.0 Å². The number of nitrogens with zero attached hydrogens (tertiary/aromatic N) is 1. The molecular formula is C13H16N2O8S. The summed E-state index contributed by atoms with van der Waals surface area (Å²) in [6.45, 7) is 1.99. The smallest absolute Gasteiger partial charge is 0.307 e. The van der Waals surface area contributed by atoms with Crippen LogP contribution < -0.4 is 14.2 Å². The third kappa shape index (κ3) is 4.11. The number of nitro groups is 1. The van der Waals surface area contributed by atoms with E-state index in [9.17, 15) is 23.3 Å². The Morgan fingerprint density at radius 1 is 1.33 bits per heavy atom. The van der Waals surface area contributed by atoms with Crippen LogP contribution in [0.15, 0.2) is 17.0 Å². The van der Waals surface area contributed by atoms with Crippen LogP contribution in [0.1, 0.15) is 13.3 Å². The number of nitro benzene ring substituents is 1. The van der Waals surface area contributed by atoms with Crippen molar-refractivity contribution in [1.82, 2.24) is 4.72 Å². The van der Waals surface area contributed by atoms with Gasteiger partial charge in [0.25, 0.3) is 5.69 Å². The summed E-state index contributed by atoms with van der Waals surface area (Å²) in [5, 5.41) is 11.2. The Morgan fingerprint density at radius 2 is 1.96 bits per heavy atom. The topological polar surface area (TPSA) is 134 Å². The normalized spacial score (nSPS) is 13.4. The number of hydrogen-bond acceptors (Lipinski definition) is 8. The summed E-state index contributed by atoms with van der Waals surface area (Å²) >= 11 is 0. The quantitative estimate of drug-likeness (QED) is 0.424. The minimum Gasteiger partial charge on any atom is -0.486 e. The van der Waals surface area contributed by atoms with Gasteiger partial charge in [-0.15, -0.1) is 0 Å². The molecule has 1 heterocycles. The van der Waals surface area contributed by atoms with E-state index in [4.69, 9.17) is 9.47 Å². The molecule has 0 fully saturated rings. The molecule has 1 N–H and O–H groups in total. The van der Waals surface area contributed by atoms with Crippen molar-refractivity contribution in [2.75, 3.05) is 26.4 Å². The molecule has 0 saturated carbocycles. The number of carbonyl (C=O) groups excluding carboxylic acids is 1. The van der Waals surface area contributed by atoms with Gasteiger partial charge in [-0.1, -0.05) is 0 Å². The van der Waals surface area contributed by atoms with Gasteiger partial charge < -0.3 is 14.2 Å². The molecule has 0 bridgehead atoms. The second-order valence-corrected chi connectivity index (χ2v) is 6.41. The first-order valence-corrected chi connectivity index (χ1v) is 8.56. The predicted molar refractivity (Wildman–Crippen MR) is 80.5 cm³/mol. The fourth-order valence-corrected chi connectivity index (χ4v) is 3.21. The number of sulfonamides is 1. The fourth-order valence-electron chi connectivity index (χ4n) is 2.02. The van der Waals surface area contributed by atoms with E-state index >= 15 is 0 Å². The Morgan fingerprint density at radius 3 is 2.54 bits per heavy atom. The van der Waals surface area contributed by atoms with Crippen molar-refractivity contribution in [3.05, 3.63) is 22.2 Å². The lowest BCUT2D eigenvalue weighted by molar-refractivity contribution is -0.388. The standard InChI is InChI=1S/C13H16N2O8S/c1-2-21-13(16)3-4-14-24(19,20)12-8-11-10(22-5-6-23-11)7-9(12)15(17)18/h7-8,14H,2-6H2,1H3. The summed E-state index contributed by atoms with van der Waals surface area (Å²) in [6, 6.07) is 2.05. The number of hydrogen-bond donors (Lipinski definition) is 1. The molecule has 11 heteroatoms. The highest BCUT2D eigenvalue weighted by Crippen LogP contribution is 2.38. The zero-order valence-corrected chi connectivity index (χ0v) is 13.6. The van der Waals surface area contributed by atoms with Gasteiger partial charge in [0.1, 0.15) is 13.2 Å². The van der Waals surface area contributed by atoms with Gasteiger partial charge in [0.05, 0.1) is 24.0 Å². The second-order valence-electron chi connectivity index (χ2n) is 4.67. The Hall–Kier alpha value is -2.40. The van der Waals surface area contributed by atoms with Crippen LogP contribution in [0.5, 0.6) is 11.5 Å². The SMILES string of the molecule is CCOC(=O)CCNS(=O)(=O)c1cc2c(cc1[N+](=O)[O-])OCCO2. The van der Waals surface area contributed by atoms with Crippen molar-refractivity contribution in [3.8, 4) is 11.5 Å². The summed E-state index contributed by atoms with van der Waals surface area (Å²) in [5.74, 6) is -0.354. The maximum atomic E-state index is 12.3. The van der Waals surface area contributed by atoms with Crippen molar-refractivity contribution in [2.24, 2.45) is 0 Å². The highest BCUT2D eigenvalue weighted by molar-refractivity contribution is 7.89. The van der Waals surface area contributed by atoms with Crippen LogP contribution in [0, 0.1) is 10.1 Å². The van der Waals surface area contributed by atoms with E-state index in [1.54, 1.807) is 6.92 Å². The monoisotopic (exact) mass is 360 g/mol. The van der Waals surface area contributed by atoms with E-state index < -0.39 is 31.5 Å².